The van der Waals surface area contributed by atoms with E-state index < -0.39 is 0 Å². The van der Waals surface area contributed by atoms with Gasteiger partial charge in [-0.25, -0.2) is 0 Å². The summed E-state index contributed by atoms with van der Waals surface area (Å²) in [4.78, 5) is 12.2. The molecule has 6 aliphatic carbocycles. The molecule has 4 unspecified atom stereocenters. The summed E-state index contributed by atoms with van der Waals surface area (Å²) in [7, 11) is 0. The van der Waals surface area contributed by atoms with Crippen LogP contribution in [0, 0.1) is 52.8 Å². The summed E-state index contributed by atoms with van der Waals surface area (Å²) >= 11 is 0. The molecule has 10 atom stereocenters. The molecule has 1 aliphatic heterocycles. The third-order valence-electron chi connectivity index (χ3n) is 10.7. The van der Waals surface area contributed by atoms with Crippen LogP contribution in [0.2, 0.25) is 0 Å². The van der Waals surface area contributed by atoms with Crippen LogP contribution >= 0.6 is 0 Å². The van der Waals surface area contributed by atoms with Gasteiger partial charge in [0.2, 0.25) is 0 Å². The topological polar surface area (TPSA) is 26.3 Å². The second-order valence-corrected chi connectivity index (χ2v) is 11.1. The lowest BCUT2D eigenvalue weighted by molar-refractivity contribution is -0.179. The maximum absolute atomic E-state index is 12.2. The lowest BCUT2D eigenvalue weighted by Gasteiger charge is -2.58. The number of hydrogen-bond acceptors (Lipinski definition) is 2. The predicted octanol–water partition coefficient (Wildman–Crippen LogP) is 5.29. The van der Waals surface area contributed by atoms with Crippen molar-refractivity contribution in [1.29, 1.82) is 0 Å². The van der Waals surface area contributed by atoms with Crippen LogP contribution in [0.3, 0.4) is 0 Å². The summed E-state index contributed by atoms with van der Waals surface area (Å²) in [6.07, 6.45) is 13.5. The summed E-state index contributed by atoms with van der Waals surface area (Å²) in [6, 6.07) is 0. The van der Waals surface area contributed by atoms with Crippen molar-refractivity contribution < 1.29 is 9.53 Å². The molecule has 6 fully saturated rings. The molecule has 0 aromatic rings. The first kappa shape index (κ1) is 15.8. The van der Waals surface area contributed by atoms with Crippen LogP contribution < -0.4 is 0 Å². The number of carbonyl (C=O) groups is 1. The van der Waals surface area contributed by atoms with Crippen molar-refractivity contribution in [3.05, 3.63) is 23.8 Å². The van der Waals surface area contributed by atoms with Gasteiger partial charge in [0.15, 0.2) is 0 Å². The molecule has 0 aromatic carbocycles. The van der Waals surface area contributed by atoms with Gasteiger partial charge >= 0.3 is 5.97 Å². The number of carbonyl (C=O) groups excluding carboxylic acids is 1. The Labute approximate surface area is 162 Å². The maximum Gasteiger partial charge on any atom is 0.306 e. The zero-order valence-corrected chi connectivity index (χ0v) is 16.6. The Kier molecular flexibility index (Phi) is 2.78. The van der Waals surface area contributed by atoms with Crippen molar-refractivity contribution in [2.45, 2.75) is 70.3 Å². The van der Waals surface area contributed by atoms with Crippen molar-refractivity contribution >= 4 is 5.97 Å². The molecule has 0 N–H and O–H groups in total. The minimum atomic E-state index is -0.0690. The van der Waals surface area contributed by atoms with E-state index >= 15 is 0 Å². The molecule has 1 spiro atoms. The molecular formula is C25H32O2. The largest absolute Gasteiger partial charge is 0.458 e. The van der Waals surface area contributed by atoms with Crippen LogP contribution in [-0.2, 0) is 9.53 Å². The van der Waals surface area contributed by atoms with E-state index in [-0.39, 0.29) is 11.6 Å². The molecule has 7 aliphatic rings. The Morgan fingerprint density at radius 3 is 2.78 bits per heavy atom. The minimum absolute atomic E-state index is 0.0690. The Hall–Kier alpha value is -1.05. The highest BCUT2D eigenvalue weighted by atomic mass is 16.6. The summed E-state index contributed by atoms with van der Waals surface area (Å²) in [5.41, 5.74) is 3.42. The zero-order chi connectivity index (χ0) is 18.1. The number of allylic oxidation sites excluding steroid dienone is 3. The van der Waals surface area contributed by atoms with Gasteiger partial charge in [0.25, 0.3) is 0 Å². The first-order valence-electron chi connectivity index (χ1n) is 11.7. The minimum Gasteiger partial charge on any atom is -0.458 e. The predicted molar refractivity (Wildman–Crippen MR) is 104 cm³/mol. The van der Waals surface area contributed by atoms with Gasteiger partial charge in [0.1, 0.15) is 5.60 Å². The average molecular weight is 365 g/mol. The molecule has 0 amide bonds. The first-order chi connectivity index (χ1) is 13.1. The highest BCUT2D eigenvalue weighted by molar-refractivity contribution is 5.73. The number of ether oxygens (including phenoxy) is 1. The number of fused-ring (bicyclic) bond motifs is 12. The summed E-state index contributed by atoms with van der Waals surface area (Å²) in [5, 5.41) is 0. The third kappa shape index (κ3) is 1.66. The average Bonchev–Trinajstić information content (AvgIpc) is 3.57. The van der Waals surface area contributed by atoms with Gasteiger partial charge in [-0.15, -0.1) is 0 Å². The number of rotatable bonds is 1. The maximum atomic E-state index is 12.2. The third-order valence-corrected chi connectivity index (χ3v) is 10.7. The lowest BCUT2D eigenvalue weighted by Crippen LogP contribution is -2.56. The van der Waals surface area contributed by atoms with Crippen LogP contribution in [0.5, 0.6) is 0 Å². The summed E-state index contributed by atoms with van der Waals surface area (Å²) < 4.78 is 6.31. The second-order valence-electron chi connectivity index (χ2n) is 11.1. The smallest absolute Gasteiger partial charge is 0.306 e. The molecule has 1 heterocycles. The van der Waals surface area contributed by atoms with Crippen LogP contribution in [0.4, 0.5) is 0 Å². The fourth-order valence-electron chi connectivity index (χ4n) is 9.88. The highest BCUT2D eigenvalue weighted by Crippen LogP contribution is 2.81. The van der Waals surface area contributed by atoms with Crippen LogP contribution in [0.15, 0.2) is 23.8 Å². The van der Waals surface area contributed by atoms with Crippen LogP contribution in [-0.4, -0.2) is 11.6 Å². The second kappa shape index (κ2) is 4.74. The van der Waals surface area contributed by atoms with Gasteiger partial charge < -0.3 is 4.74 Å². The van der Waals surface area contributed by atoms with Gasteiger partial charge in [-0.05, 0) is 92.8 Å². The van der Waals surface area contributed by atoms with E-state index in [4.69, 9.17) is 4.74 Å². The summed E-state index contributed by atoms with van der Waals surface area (Å²) in [6.45, 7) is 6.70. The van der Waals surface area contributed by atoms with Gasteiger partial charge in [-0.3, -0.25) is 4.79 Å². The van der Waals surface area contributed by atoms with E-state index in [2.05, 4.69) is 19.6 Å². The van der Waals surface area contributed by atoms with E-state index in [0.717, 1.165) is 47.8 Å². The fraction of sp³-hybridized carbons (Fsp3) is 0.800. The van der Waals surface area contributed by atoms with Crippen LogP contribution in [0.25, 0.3) is 0 Å². The molecule has 2 heteroatoms. The van der Waals surface area contributed by atoms with E-state index in [1.54, 1.807) is 5.57 Å². The Balaban J connectivity index is 1.32. The van der Waals surface area contributed by atoms with Crippen molar-refractivity contribution in [2.75, 3.05) is 0 Å². The van der Waals surface area contributed by atoms with Gasteiger partial charge in [-0.1, -0.05) is 30.7 Å². The van der Waals surface area contributed by atoms with Crippen molar-refractivity contribution in [3.63, 3.8) is 0 Å². The molecule has 1 saturated heterocycles. The van der Waals surface area contributed by atoms with E-state index in [1.807, 2.05) is 0 Å². The fourth-order valence-corrected chi connectivity index (χ4v) is 9.88. The lowest BCUT2D eigenvalue weighted by atomic mass is 9.47. The van der Waals surface area contributed by atoms with Crippen molar-refractivity contribution in [1.82, 2.24) is 0 Å². The van der Waals surface area contributed by atoms with E-state index in [0.29, 0.717) is 17.8 Å². The quantitative estimate of drug-likeness (QED) is 0.591. The monoisotopic (exact) mass is 364 g/mol. The molecule has 144 valence electrons. The van der Waals surface area contributed by atoms with Gasteiger partial charge in [0.05, 0.1) is 0 Å². The van der Waals surface area contributed by atoms with Gasteiger partial charge in [0, 0.05) is 17.8 Å². The molecule has 27 heavy (non-hydrogen) atoms. The summed E-state index contributed by atoms with van der Waals surface area (Å²) in [5.74, 6) is 7.01. The van der Waals surface area contributed by atoms with Crippen molar-refractivity contribution in [2.24, 2.45) is 52.8 Å². The molecule has 7 rings (SSSR count). The molecule has 5 saturated carbocycles. The molecule has 0 aromatic heterocycles. The van der Waals surface area contributed by atoms with E-state index in [9.17, 15) is 4.79 Å². The van der Waals surface area contributed by atoms with Gasteiger partial charge in [-0.2, -0.15) is 0 Å². The zero-order valence-electron chi connectivity index (χ0n) is 16.6. The number of hydrogen-bond donors (Lipinski definition) is 0. The molecular weight excluding hydrogens is 332 g/mol. The molecule has 0 bridgehead atoms. The number of esters is 1. The van der Waals surface area contributed by atoms with Crippen LogP contribution in [0.1, 0.15) is 64.7 Å². The Bertz CT molecular complexity index is 794. The highest BCUT2D eigenvalue weighted by Gasteiger charge is 2.81. The molecule has 2 nitrogen and oxygen atoms in total. The first-order valence-corrected chi connectivity index (χ1v) is 11.7. The van der Waals surface area contributed by atoms with Crippen molar-refractivity contribution in [3.8, 4) is 0 Å². The Morgan fingerprint density at radius 1 is 1.11 bits per heavy atom. The Morgan fingerprint density at radius 2 is 2.00 bits per heavy atom. The normalized spacial score (nSPS) is 59.2. The van der Waals surface area contributed by atoms with E-state index in [1.165, 1.54) is 50.5 Å². The molecule has 0 radical (unpaired) electrons. The standard InChI is InChI=1S/C25H32O2/c1-3-24-8-6-15-14-5-4-13(2)10-16(14)17-11-18(17)22(15)23(24)19-12-20(19)25(24)9-7-21(26)27-25/h10,14-15,17-20,22-23H,2-9,11-12H2,1H3/t14-,15?,17-,18-,19?,20+,22?,23?,24+,25+/m1/s1. The SMILES string of the molecule is C=C1C=C2[C@H]3C[C@H]3C3C(CC[C@@]4(CC)C3C3C[C@@H]3[C@@]43CCC(=O)O3)[C@H]2CC1.